The molecule has 2 aromatic rings. The van der Waals surface area contributed by atoms with Crippen molar-refractivity contribution in [3.05, 3.63) is 72.6 Å². The van der Waals surface area contributed by atoms with Crippen LogP contribution in [0.5, 0.6) is 0 Å². The Hall–Kier alpha value is -1.74. The second kappa shape index (κ2) is 11.4. The summed E-state index contributed by atoms with van der Waals surface area (Å²) in [5.74, 6) is -2.57. The number of rotatable bonds is 7. The van der Waals surface area contributed by atoms with Gasteiger partial charge in [0.15, 0.2) is 0 Å². The van der Waals surface area contributed by atoms with E-state index in [0.29, 0.717) is 15.6 Å². The standard InChI is InChI=1S/C21H17BrCl3F3N2O2/c1-11(31)29-6-7-30-20(32)14-4-2-12(8-16(14)22)3-5-15(21(26,27)28)13-9-17(23)19(25)18(24)10-13/h2-5,8-10,15H,6-7H2,1H3,(H,29,31)(H,30,32)/b5-3+. The third-order valence-corrected chi connectivity index (χ3v) is 6.07. The zero-order valence-corrected chi connectivity index (χ0v) is 20.3. The van der Waals surface area contributed by atoms with Crippen molar-refractivity contribution < 1.29 is 22.8 Å². The molecule has 172 valence electrons. The molecule has 0 aliphatic carbocycles. The Balaban J connectivity index is 2.20. The lowest BCUT2D eigenvalue weighted by Gasteiger charge is -2.18. The summed E-state index contributed by atoms with van der Waals surface area (Å²) in [4.78, 5) is 23.1. The quantitative estimate of drug-likeness (QED) is 0.289. The number of hydrogen-bond donors (Lipinski definition) is 2. The highest BCUT2D eigenvalue weighted by atomic mass is 79.9. The van der Waals surface area contributed by atoms with E-state index >= 15 is 0 Å². The second-order valence-electron chi connectivity index (χ2n) is 6.66. The zero-order chi connectivity index (χ0) is 24.1. The van der Waals surface area contributed by atoms with Crippen LogP contribution in [0.1, 0.15) is 34.3 Å². The molecule has 0 spiro atoms. The number of alkyl halides is 3. The van der Waals surface area contributed by atoms with Crippen LogP contribution in [0.3, 0.4) is 0 Å². The Bertz CT molecular complexity index is 1020. The number of nitrogens with one attached hydrogen (secondary N) is 2. The van der Waals surface area contributed by atoms with Gasteiger partial charge in [0.1, 0.15) is 0 Å². The van der Waals surface area contributed by atoms with E-state index in [1.807, 2.05) is 0 Å². The Labute approximate surface area is 206 Å². The molecule has 4 nitrogen and oxygen atoms in total. The second-order valence-corrected chi connectivity index (χ2v) is 8.70. The molecule has 1 unspecified atom stereocenters. The van der Waals surface area contributed by atoms with Crippen LogP contribution >= 0.6 is 50.7 Å². The lowest BCUT2D eigenvalue weighted by atomic mass is 9.97. The Morgan fingerprint density at radius 3 is 2.19 bits per heavy atom. The number of amides is 2. The SMILES string of the molecule is CC(=O)NCCNC(=O)c1ccc(/C=C/C(c2cc(Cl)c(Cl)c(Cl)c2)C(F)(F)F)cc1Br. The fourth-order valence-corrected chi connectivity index (χ4v) is 3.89. The van der Waals surface area contributed by atoms with Crippen LogP contribution in [0, 0.1) is 0 Å². The van der Waals surface area contributed by atoms with Gasteiger partial charge in [-0.1, -0.05) is 53.0 Å². The molecule has 0 fully saturated rings. The first-order chi connectivity index (χ1) is 14.9. The minimum Gasteiger partial charge on any atom is -0.355 e. The fraction of sp³-hybridized carbons (Fsp3) is 0.238. The minimum atomic E-state index is -4.60. The van der Waals surface area contributed by atoms with E-state index < -0.39 is 18.0 Å². The van der Waals surface area contributed by atoms with Gasteiger partial charge >= 0.3 is 6.18 Å². The predicted molar refractivity (Wildman–Crippen MR) is 124 cm³/mol. The third-order valence-electron chi connectivity index (χ3n) is 4.22. The van der Waals surface area contributed by atoms with E-state index in [4.69, 9.17) is 34.8 Å². The molecule has 0 radical (unpaired) electrons. The molecule has 2 rings (SSSR count). The van der Waals surface area contributed by atoms with Crippen molar-refractivity contribution in [1.82, 2.24) is 10.6 Å². The lowest BCUT2D eigenvalue weighted by Crippen LogP contribution is -2.33. The minimum absolute atomic E-state index is 0.0168. The molecule has 2 aromatic carbocycles. The van der Waals surface area contributed by atoms with Gasteiger partial charge in [-0.15, -0.1) is 0 Å². The first-order valence-corrected chi connectivity index (χ1v) is 11.0. The first kappa shape index (κ1) is 26.5. The number of benzene rings is 2. The number of halogens is 7. The summed E-state index contributed by atoms with van der Waals surface area (Å²) in [6, 6.07) is 6.77. The maximum atomic E-state index is 13.7. The molecule has 0 heterocycles. The largest absolute Gasteiger partial charge is 0.399 e. The van der Waals surface area contributed by atoms with Crippen molar-refractivity contribution >= 4 is 68.6 Å². The van der Waals surface area contributed by atoms with E-state index in [2.05, 4.69) is 26.6 Å². The zero-order valence-electron chi connectivity index (χ0n) is 16.5. The van der Waals surface area contributed by atoms with Crippen LogP contribution in [0.25, 0.3) is 6.08 Å². The molecular formula is C21H17BrCl3F3N2O2. The van der Waals surface area contributed by atoms with Gasteiger partial charge in [0.25, 0.3) is 5.91 Å². The Morgan fingerprint density at radius 1 is 1.06 bits per heavy atom. The third kappa shape index (κ3) is 7.40. The van der Waals surface area contributed by atoms with Crippen LogP contribution in [-0.4, -0.2) is 31.1 Å². The summed E-state index contributed by atoms with van der Waals surface area (Å²) in [6.45, 7) is 1.87. The highest BCUT2D eigenvalue weighted by molar-refractivity contribution is 9.10. The van der Waals surface area contributed by atoms with Gasteiger partial charge < -0.3 is 10.6 Å². The summed E-state index contributed by atoms with van der Waals surface area (Å²) in [6.07, 6.45) is -2.33. The average Bonchev–Trinajstić information content (AvgIpc) is 2.68. The van der Waals surface area contributed by atoms with Crippen LogP contribution in [-0.2, 0) is 4.79 Å². The van der Waals surface area contributed by atoms with Gasteiger partial charge in [-0.05, 0) is 51.3 Å². The van der Waals surface area contributed by atoms with Crippen molar-refractivity contribution in [3.8, 4) is 0 Å². The lowest BCUT2D eigenvalue weighted by molar-refractivity contribution is -0.139. The molecule has 0 saturated heterocycles. The number of carbonyl (C=O) groups excluding carboxylic acids is 2. The van der Waals surface area contributed by atoms with Gasteiger partial charge in [-0.2, -0.15) is 13.2 Å². The van der Waals surface area contributed by atoms with E-state index in [1.165, 1.54) is 31.2 Å². The first-order valence-electron chi connectivity index (χ1n) is 9.11. The van der Waals surface area contributed by atoms with Crippen molar-refractivity contribution in [2.75, 3.05) is 13.1 Å². The van der Waals surface area contributed by atoms with Crippen molar-refractivity contribution in [2.24, 2.45) is 0 Å². The van der Waals surface area contributed by atoms with Gasteiger partial charge in [-0.3, -0.25) is 9.59 Å². The van der Waals surface area contributed by atoms with Crippen LogP contribution in [0.15, 0.2) is 40.9 Å². The summed E-state index contributed by atoms with van der Waals surface area (Å²) >= 11 is 20.9. The molecule has 0 aliphatic heterocycles. The average molecular weight is 573 g/mol. The maximum Gasteiger partial charge on any atom is 0.399 e. The maximum absolute atomic E-state index is 13.7. The van der Waals surface area contributed by atoms with Crippen molar-refractivity contribution in [1.29, 1.82) is 0 Å². The van der Waals surface area contributed by atoms with Crippen LogP contribution in [0.4, 0.5) is 13.2 Å². The molecule has 0 saturated carbocycles. The van der Waals surface area contributed by atoms with Gasteiger partial charge in [0.2, 0.25) is 5.91 Å². The molecule has 0 aliphatic rings. The van der Waals surface area contributed by atoms with Crippen molar-refractivity contribution in [2.45, 2.75) is 19.0 Å². The summed E-state index contributed by atoms with van der Waals surface area (Å²) in [5.41, 5.74) is 0.586. The van der Waals surface area contributed by atoms with E-state index in [0.717, 1.165) is 18.2 Å². The fourth-order valence-electron chi connectivity index (χ4n) is 2.70. The Morgan fingerprint density at radius 2 is 1.66 bits per heavy atom. The molecule has 32 heavy (non-hydrogen) atoms. The highest BCUT2D eigenvalue weighted by Crippen LogP contribution is 2.41. The van der Waals surface area contributed by atoms with E-state index in [9.17, 15) is 22.8 Å². The normalized spacial score (nSPS) is 12.6. The van der Waals surface area contributed by atoms with E-state index in [1.54, 1.807) is 0 Å². The molecular weight excluding hydrogens is 556 g/mol. The summed E-state index contributed by atoms with van der Waals surface area (Å²) in [7, 11) is 0. The molecule has 0 bridgehead atoms. The smallest absolute Gasteiger partial charge is 0.355 e. The van der Waals surface area contributed by atoms with Gasteiger partial charge in [0.05, 0.1) is 26.5 Å². The topological polar surface area (TPSA) is 58.2 Å². The van der Waals surface area contributed by atoms with Gasteiger partial charge in [-0.25, -0.2) is 0 Å². The highest BCUT2D eigenvalue weighted by Gasteiger charge is 2.39. The van der Waals surface area contributed by atoms with E-state index in [-0.39, 0.29) is 39.6 Å². The number of hydrogen-bond acceptors (Lipinski definition) is 2. The molecule has 2 N–H and O–H groups in total. The molecule has 2 amide bonds. The Kier molecular flexibility index (Phi) is 9.45. The summed E-state index contributed by atoms with van der Waals surface area (Å²) < 4.78 is 41.4. The molecule has 0 aromatic heterocycles. The molecule has 1 atom stereocenters. The van der Waals surface area contributed by atoms with Crippen molar-refractivity contribution in [3.63, 3.8) is 0 Å². The molecule has 11 heteroatoms. The van der Waals surface area contributed by atoms with Crippen LogP contribution < -0.4 is 10.6 Å². The number of carbonyl (C=O) groups is 2. The van der Waals surface area contributed by atoms with Gasteiger partial charge in [0, 0.05) is 24.5 Å². The van der Waals surface area contributed by atoms with Crippen LogP contribution in [0.2, 0.25) is 15.1 Å². The monoisotopic (exact) mass is 570 g/mol. The summed E-state index contributed by atoms with van der Waals surface area (Å²) in [5, 5.41) is 5.02. The number of allylic oxidation sites excluding steroid dienone is 1. The predicted octanol–water partition coefficient (Wildman–Crippen LogP) is 6.63.